The topological polar surface area (TPSA) is 0 Å². The highest BCUT2D eigenvalue weighted by molar-refractivity contribution is 6.69. The van der Waals surface area contributed by atoms with Gasteiger partial charge in [-0.2, -0.15) is 0 Å². The van der Waals surface area contributed by atoms with Crippen molar-refractivity contribution in [2.75, 3.05) is 0 Å². The lowest BCUT2D eigenvalue weighted by atomic mass is 10.2. The van der Waals surface area contributed by atoms with E-state index in [0.29, 0.717) is 15.1 Å². The molecule has 0 aliphatic carbocycles. The molecule has 0 bridgehead atoms. The SMILES string of the molecule is CC([Si]C(Cl)Cl)c1ccccc1. The van der Waals surface area contributed by atoms with Crippen LogP contribution >= 0.6 is 23.2 Å². The van der Waals surface area contributed by atoms with Crippen molar-refractivity contribution in [3.63, 3.8) is 0 Å². The Morgan fingerprint density at radius 1 is 1.17 bits per heavy atom. The third kappa shape index (κ3) is 3.17. The second-order valence-electron chi connectivity index (χ2n) is 2.60. The molecular formula is C9H10Cl2Si. The normalized spacial score (nSPS) is 13.3. The van der Waals surface area contributed by atoms with Crippen LogP contribution in [0.15, 0.2) is 30.3 Å². The maximum atomic E-state index is 5.70. The van der Waals surface area contributed by atoms with Crippen molar-refractivity contribution < 1.29 is 0 Å². The van der Waals surface area contributed by atoms with Gasteiger partial charge in [0.25, 0.3) is 0 Å². The summed E-state index contributed by atoms with van der Waals surface area (Å²) in [6.07, 6.45) is 0. The number of halogens is 2. The van der Waals surface area contributed by atoms with Gasteiger partial charge in [0, 0.05) is 0 Å². The predicted molar refractivity (Wildman–Crippen MR) is 56.1 cm³/mol. The number of hydrogen-bond donors (Lipinski definition) is 0. The molecule has 0 aliphatic rings. The minimum Gasteiger partial charge on any atom is -0.110 e. The number of rotatable bonds is 3. The van der Waals surface area contributed by atoms with Gasteiger partial charge in [0.15, 0.2) is 0 Å². The number of hydrogen-bond acceptors (Lipinski definition) is 0. The molecule has 1 atom stereocenters. The van der Waals surface area contributed by atoms with E-state index in [4.69, 9.17) is 23.2 Å². The van der Waals surface area contributed by atoms with Crippen molar-refractivity contribution in [2.24, 2.45) is 0 Å². The standard InChI is InChI=1S/C9H10Cl2Si/c1-7(12-9(10)11)8-5-3-2-4-6-8/h2-7,9H,1H3. The summed E-state index contributed by atoms with van der Waals surface area (Å²) in [4.78, 5) is 0. The molecule has 1 aromatic carbocycles. The van der Waals surface area contributed by atoms with E-state index in [9.17, 15) is 0 Å². The fourth-order valence-corrected chi connectivity index (χ4v) is 2.92. The van der Waals surface area contributed by atoms with Crippen LogP contribution in [0.5, 0.6) is 0 Å². The van der Waals surface area contributed by atoms with Gasteiger partial charge in [-0.15, -0.1) is 23.2 Å². The van der Waals surface area contributed by atoms with Gasteiger partial charge in [0.2, 0.25) is 0 Å². The van der Waals surface area contributed by atoms with Crippen LogP contribution in [0, 0.1) is 0 Å². The maximum absolute atomic E-state index is 5.70. The lowest BCUT2D eigenvalue weighted by Crippen LogP contribution is -2.11. The molecule has 2 radical (unpaired) electrons. The van der Waals surface area contributed by atoms with Gasteiger partial charge in [0.05, 0.1) is 14.0 Å². The third-order valence-electron chi connectivity index (χ3n) is 1.68. The summed E-state index contributed by atoms with van der Waals surface area (Å²) < 4.78 is -0.236. The molecule has 0 fully saturated rings. The van der Waals surface area contributed by atoms with Crippen molar-refractivity contribution >= 4 is 32.7 Å². The van der Waals surface area contributed by atoms with Crippen molar-refractivity contribution in [2.45, 2.75) is 16.9 Å². The Morgan fingerprint density at radius 3 is 2.25 bits per heavy atom. The summed E-state index contributed by atoms with van der Waals surface area (Å²) in [6.45, 7) is 2.14. The molecule has 0 nitrogen and oxygen atoms in total. The maximum Gasteiger partial charge on any atom is 0.0935 e. The molecule has 0 aromatic heterocycles. The molecule has 0 saturated heterocycles. The largest absolute Gasteiger partial charge is 0.110 e. The third-order valence-corrected chi connectivity index (χ3v) is 3.52. The van der Waals surface area contributed by atoms with Crippen LogP contribution in [0.25, 0.3) is 0 Å². The highest BCUT2D eigenvalue weighted by atomic mass is 35.5. The minimum absolute atomic E-state index is 0.236. The lowest BCUT2D eigenvalue weighted by molar-refractivity contribution is 1.06. The molecule has 3 heteroatoms. The molecule has 1 unspecified atom stereocenters. The van der Waals surface area contributed by atoms with Crippen molar-refractivity contribution in [3.8, 4) is 0 Å². The number of benzene rings is 1. The Hall–Kier alpha value is 0.0169. The van der Waals surface area contributed by atoms with Gasteiger partial charge in [-0.1, -0.05) is 37.3 Å². The van der Waals surface area contributed by atoms with E-state index in [1.54, 1.807) is 0 Å². The average Bonchev–Trinajstić information content (AvgIpc) is 2.05. The first kappa shape index (κ1) is 10.1. The zero-order chi connectivity index (χ0) is 8.97. The van der Waals surface area contributed by atoms with E-state index in [2.05, 4.69) is 19.1 Å². The summed E-state index contributed by atoms with van der Waals surface area (Å²) in [7, 11) is 0.571. The van der Waals surface area contributed by atoms with Gasteiger partial charge < -0.3 is 0 Å². The fourth-order valence-electron chi connectivity index (χ4n) is 1.03. The molecular weight excluding hydrogens is 207 g/mol. The van der Waals surface area contributed by atoms with E-state index in [1.165, 1.54) is 5.56 Å². The van der Waals surface area contributed by atoms with Gasteiger partial charge >= 0.3 is 0 Å². The second kappa shape index (κ2) is 4.90. The summed E-state index contributed by atoms with van der Waals surface area (Å²) in [5.74, 6) is 0. The van der Waals surface area contributed by atoms with Crippen LogP contribution in [-0.4, -0.2) is 14.0 Å². The van der Waals surface area contributed by atoms with Gasteiger partial charge in [-0.25, -0.2) is 0 Å². The highest BCUT2D eigenvalue weighted by Gasteiger charge is 2.10. The van der Waals surface area contributed by atoms with Gasteiger partial charge in [0.1, 0.15) is 0 Å². The van der Waals surface area contributed by atoms with Crippen LogP contribution in [0.1, 0.15) is 18.0 Å². The molecule has 0 saturated carbocycles. The first-order valence-corrected chi connectivity index (χ1v) is 5.82. The molecule has 64 valence electrons. The lowest BCUT2D eigenvalue weighted by Gasteiger charge is -2.10. The van der Waals surface area contributed by atoms with Gasteiger partial charge in [-0.3, -0.25) is 0 Å². The summed E-state index contributed by atoms with van der Waals surface area (Å²) in [5, 5.41) is 0. The minimum atomic E-state index is -0.236. The van der Waals surface area contributed by atoms with E-state index in [1.807, 2.05) is 18.2 Å². The molecule has 0 spiro atoms. The Balaban J connectivity index is 2.59. The Kier molecular flexibility index (Phi) is 4.13. The quantitative estimate of drug-likeness (QED) is 0.538. The van der Waals surface area contributed by atoms with Crippen LogP contribution < -0.4 is 0 Å². The van der Waals surface area contributed by atoms with Crippen LogP contribution in [0.2, 0.25) is 0 Å². The van der Waals surface area contributed by atoms with Crippen LogP contribution in [0.4, 0.5) is 0 Å². The monoisotopic (exact) mass is 216 g/mol. The second-order valence-corrected chi connectivity index (χ2v) is 6.20. The summed E-state index contributed by atoms with van der Waals surface area (Å²) in [6, 6.07) is 10.3. The first-order chi connectivity index (χ1) is 5.70. The molecule has 1 rings (SSSR count). The van der Waals surface area contributed by atoms with E-state index >= 15 is 0 Å². The van der Waals surface area contributed by atoms with Crippen LogP contribution in [0.3, 0.4) is 0 Å². The zero-order valence-corrected chi connectivity index (χ0v) is 9.31. The molecule has 1 aromatic rings. The molecule has 0 aliphatic heterocycles. The van der Waals surface area contributed by atoms with Crippen molar-refractivity contribution in [1.29, 1.82) is 0 Å². The smallest absolute Gasteiger partial charge is 0.0935 e. The molecule has 12 heavy (non-hydrogen) atoms. The summed E-state index contributed by atoms with van der Waals surface area (Å²) >= 11 is 11.4. The van der Waals surface area contributed by atoms with Gasteiger partial charge in [-0.05, 0) is 11.1 Å². The molecule has 0 amide bonds. The summed E-state index contributed by atoms with van der Waals surface area (Å²) in [5.41, 5.74) is 1.77. The average molecular weight is 217 g/mol. The van der Waals surface area contributed by atoms with Crippen molar-refractivity contribution in [3.05, 3.63) is 35.9 Å². The zero-order valence-electron chi connectivity index (χ0n) is 6.80. The Labute approximate surface area is 85.7 Å². The Bertz CT molecular complexity index is 223. The highest BCUT2D eigenvalue weighted by Crippen LogP contribution is 2.16. The van der Waals surface area contributed by atoms with Crippen molar-refractivity contribution in [1.82, 2.24) is 0 Å². The van der Waals surface area contributed by atoms with E-state index in [0.717, 1.165) is 0 Å². The first-order valence-electron chi connectivity index (χ1n) is 3.79. The molecule has 0 N–H and O–H groups in total. The van der Waals surface area contributed by atoms with E-state index in [-0.39, 0.29) is 4.46 Å². The predicted octanol–water partition coefficient (Wildman–Crippen LogP) is 3.21. The van der Waals surface area contributed by atoms with E-state index < -0.39 is 0 Å². The van der Waals surface area contributed by atoms with Crippen LogP contribution in [-0.2, 0) is 0 Å². The fraction of sp³-hybridized carbons (Fsp3) is 0.333. The number of alkyl halides is 2. The Morgan fingerprint density at radius 2 is 1.75 bits per heavy atom. The molecule has 0 heterocycles.